The van der Waals surface area contributed by atoms with Crippen LogP contribution >= 0.6 is 0 Å². The highest BCUT2D eigenvalue weighted by atomic mass is 19.1. The summed E-state index contributed by atoms with van der Waals surface area (Å²) in [6, 6.07) is 8.37. The van der Waals surface area contributed by atoms with E-state index in [9.17, 15) is 18.8 Å². The number of carbonyl (C=O) groups is 2. The number of methoxy groups -OCH3 is 2. The molecule has 122 valence electrons. The van der Waals surface area contributed by atoms with Crippen molar-refractivity contribution in [3.63, 3.8) is 0 Å². The van der Waals surface area contributed by atoms with Gasteiger partial charge in [0, 0.05) is 17.4 Å². The second kappa shape index (κ2) is 6.60. The summed E-state index contributed by atoms with van der Waals surface area (Å²) in [5.74, 6) is -2.73. The van der Waals surface area contributed by atoms with Crippen LogP contribution in [0.4, 0.5) is 4.39 Å². The minimum absolute atomic E-state index is 0.151. The van der Waals surface area contributed by atoms with Crippen molar-refractivity contribution in [2.45, 2.75) is 18.5 Å². The first-order valence-corrected chi connectivity index (χ1v) is 6.80. The summed E-state index contributed by atoms with van der Waals surface area (Å²) in [5.41, 5.74) is -3.07. The number of hydrogen-bond donors (Lipinski definition) is 0. The maximum absolute atomic E-state index is 14.6. The maximum Gasteiger partial charge on any atom is 0.355 e. The summed E-state index contributed by atoms with van der Waals surface area (Å²) < 4.78 is 28.4. The fourth-order valence-corrected chi connectivity index (χ4v) is 2.20. The molecule has 1 heterocycles. The molecule has 0 aliphatic carbocycles. The van der Waals surface area contributed by atoms with Crippen molar-refractivity contribution < 1.29 is 27.9 Å². The van der Waals surface area contributed by atoms with E-state index in [1.807, 2.05) is 0 Å². The molecule has 0 saturated heterocycles. The van der Waals surface area contributed by atoms with Crippen LogP contribution in [-0.2, 0) is 25.5 Å². The zero-order chi connectivity index (χ0) is 17.0. The third-order valence-corrected chi connectivity index (χ3v) is 3.47. The molecular weight excluding hydrogens is 307 g/mol. The van der Waals surface area contributed by atoms with Gasteiger partial charge in [0.15, 0.2) is 0 Å². The Bertz CT molecular complexity index is 779. The molecule has 7 heteroatoms. The standard InChI is InChI=1S/C16H15FO6/c1-21-14(19)16(17,15(20)22-2)8-7-11-9-10-5-3-4-6-12(10)23-13(11)18/h3-6,9H,7-8H2,1-2H3. The first-order valence-electron chi connectivity index (χ1n) is 6.80. The molecule has 0 aliphatic rings. The van der Waals surface area contributed by atoms with Crippen LogP contribution in [0.2, 0.25) is 0 Å². The molecule has 1 aromatic carbocycles. The third kappa shape index (κ3) is 3.23. The van der Waals surface area contributed by atoms with E-state index < -0.39 is 29.7 Å². The van der Waals surface area contributed by atoms with Gasteiger partial charge >= 0.3 is 23.2 Å². The molecule has 0 saturated carbocycles. The highest BCUT2D eigenvalue weighted by Crippen LogP contribution is 2.23. The number of esters is 2. The predicted molar refractivity (Wildman–Crippen MR) is 78.7 cm³/mol. The van der Waals surface area contributed by atoms with Gasteiger partial charge in [-0.25, -0.2) is 18.8 Å². The monoisotopic (exact) mass is 322 g/mol. The largest absolute Gasteiger partial charge is 0.466 e. The van der Waals surface area contributed by atoms with Crippen LogP contribution in [0.5, 0.6) is 0 Å². The highest BCUT2D eigenvalue weighted by Gasteiger charge is 2.49. The second-order valence-corrected chi connectivity index (χ2v) is 4.88. The minimum Gasteiger partial charge on any atom is -0.466 e. The van der Waals surface area contributed by atoms with Crippen LogP contribution in [0.25, 0.3) is 11.0 Å². The lowest BCUT2D eigenvalue weighted by molar-refractivity contribution is -0.172. The normalized spacial score (nSPS) is 11.3. The molecule has 0 unspecified atom stereocenters. The van der Waals surface area contributed by atoms with E-state index >= 15 is 0 Å². The van der Waals surface area contributed by atoms with Gasteiger partial charge in [-0.1, -0.05) is 18.2 Å². The van der Waals surface area contributed by atoms with Gasteiger partial charge in [-0.3, -0.25) is 0 Å². The number of hydrogen-bond acceptors (Lipinski definition) is 6. The lowest BCUT2D eigenvalue weighted by Crippen LogP contribution is -2.44. The Morgan fingerprint density at radius 1 is 1.17 bits per heavy atom. The van der Waals surface area contributed by atoms with E-state index in [0.29, 0.717) is 11.0 Å². The quantitative estimate of drug-likeness (QED) is 0.474. The van der Waals surface area contributed by atoms with Gasteiger partial charge in [0.25, 0.3) is 0 Å². The Morgan fingerprint density at radius 3 is 2.39 bits per heavy atom. The minimum atomic E-state index is -2.97. The van der Waals surface area contributed by atoms with Crippen molar-refractivity contribution in [2.24, 2.45) is 0 Å². The number of para-hydroxylation sites is 1. The molecule has 0 amide bonds. The number of alkyl halides is 1. The average molecular weight is 322 g/mol. The van der Waals surface area contributed by atoms with E-state index in [1.165, 1.54) is 6.07 Å². The Balaban J connectivity index is 2.31. The smallest absolute Gasteiger partial charge is 0.355 e. The van der Waals surface area contributed by atoms with Crippen molar-refractivity contribution in [1.29, 1.82) is 0 Å². The van der Waals surface area contributed by atoms with Crippen LogP contribution in [-0.4, -0.2) is 31.8 Å². The zero-order valence-corrected chi connectivity index (χ0v) is 12.6. The first-order chi connectivity index (χ1) is 10.9. The third-order valence-electron chi connectivity index (χ3n) is 3.47. The number of benzene rings is 1. The molecule has 0 atom stereocenters. The first kappa shape index (κ1) is 16.7. The fraction of sp³-hybridized carbons (Fsp3) is 0.312. The number of fused-ring (bicyclic) bond motifs is 1. The van der Waals surface area contributed by atoms with Gasteiger partial charge in [-0.15, -0.1) is 0 Å². The van der Waals surface area contributed by atoms with E-state index in [4.69, 9.17) is 4.42 Å². The Kier molecular flexibility index (Phi) is 4.78. The SMILES string of the molecule is COC(=O)C(F)(CCc1cc2ccccc2oc1=O)C(=O)OC. The molecule has 23 heavy (non-hydrogen) atoms. The molecule has 0 radical (unpaired) electrons. The summed E-state index contributed by atoms with van der Waals surface area (Å²) in [6.07, 6.45) is -0.774. The fourth-order valence-electron chi connectivity index (χ4n) is 2.20. The van der Waals surface area contributed by atoms with Crippen LogP contribution in [0.1, 0.15) is 12.0 Å². The van der Waals surface area contributed by atoms with Gasteiger partial charge < -0.3 is 13.9 Å². The Hall–Kier alpha value is -2.70. The molecule has 2 aromatic rings. The van der Waals surface area contributed by atoms with Crippen LogP contribution in [0.3, 0.4) is 0 Å². The molecule has 1 aromatic heterocycles. The van der Waals surface area contributed by atoms with Crippen LogP contribution in [0, 0.1) is 0 Å². The lowest BCUT2D eigenvalue weighted by Gasteiger charge is -2.19. The summed E-state index contributed by atoms with van der Waals surface area (Å²) in [7, 11) is 1.92. The molecule has 0 bridgehead atoms. The van der Waals surface area contributed by atoms with Gasteiger partial charge in [-0.05, 0) is 18.6 Å². The topological polar surface area (TPSA) is 82.8 Å². The number of rotatable bonds is 5. The van der Waals surface area contributed by atoms with Gasteiger partial charge in [0.1, 0.15) is 5.58 Å². The van der Waals surface area contributed by atoms with E-state index in [-0.39, 0.29) is 12.0 Å². The Labute approximate surface area is 130 Å². The van der Waals surface area contributed by atoms with E-state index in [1.54, 1.807) is 24.3 Å². The van der Waals surface area contributed by atoms with Crippen LogP contribution in [0.15, 0.2) is 39.5 Å². The summed E-state index contributed by atoms with van der Waals surface area (Å²) in [6.45, 7) is 0. The summed E-state index contributed by atoms with van der Waals surface area (Å²) in [5, 5.41) is 0.655. The number of ether oxygens (including phenoxy) is 2. The van der Waals surface area contributed by atoms with Crippen LogP contribution < -0.4 is 5.63 Å². The van der Waals surface area contributed by atoms with Gasteiger partial charge in [0.2, 0.25) is 0 Å². The number of aryl methyl sites for hydroxylation is 1. The number of halogens is 1. The highest BCUT2D eigenvalue weighted by molar-refractivity contribution is 6.03. The Morgan fingerprint density at radius 2 is 1.78 bits per heavy atom. The van der Waals surface area contributed by atoms with Crippen molar-refractivity contribution in [3.05, 3.63) is 46.3 Å². The zero-order valence-electron chi connectivity index (χ0n) is 12.6. The van der Waals surface area contributed by atoms with Gasteiger partial charge in [-0.2, -0.15) is 0 Å². The van der Waals surface area contributed by atoms with Crippen molar-refractivity contribution in [3.8, 4) is 0 Å². The average Bonchev–Trinajstić information content (AvgIpc) is 2.57. The molecule has 0 aliphatic heterocycles. The summed E-state index contributed by atoms with van der Waals surface area (Å²) in [4.78, 5) is 35.0. The van der Waals surface area contributed by atoms with Gasteiger partial charge in [0.05, 0.1) is 14.2 Å². The molecule has 2 rings (SSSR count). The number of carbonyl (C=O) groups excluding carboxylic acids is 2. The van der Waals surface area contributed by atoms with Crippen molar-refractivity contribution in [1.82, 2.24) is 0 Å². The predicted octanol–water partition coefficient (Wildman–Crippen LogP) is 1.78. The maximum atomic E-state index is 14.6. The lowest BCUT2D eigenvalue weighted by atomic mass is 9.97. The molecule has 0 spiro atoms. The molecule has 0 N–H and O–H groups in total. The van der Waals surface area contributed by atoms with E-state index in [0.717, 1.165) is 14.2 Å². The second-order valence-electron chi connectivity index (χ2n) is 4.88. The molecular formula is C16H15FO6. The molecule has 0 fully saturated rings. The van der Waals surface area contributed by atoms with Crippen molar-refractivity contribution in [2.75, 3.05) is 14.2 Å². The van der Waals surface area contributed by atoms with E-state index in [2.05, 4.69) is 9.47 Å². The summed E-state index contributed by atoms with van der Waals surface area (Å²) >= 11 is 0. The molecule has 6 nitrogen and oxygen atoms in total. The van der Waals surface area contributed by atoms with Crippen molar-refractivity contribution >= 4 is 22.9 Å².